The molecule has 1 atom stereocenters. The fraction of sp³-hybridized carbons (Fsp3) is 0.360. The predicted molar refractivity (Wildman–Crippen MR) is 119 cm³/mol. The molecule has 1 fully saturated rings. The van der Waals surface area contributed by atoms with Gasteiger partial charge in [-0.3, -0.25) is 9.48 Å². The quantitative estimate of drug-likeness (QED) is 0.558. The molecule has 4 rings (SSSR count). The first kappa shape index (κ1) is 20.2. The highest BCUT2D eigenvalue weighted by atomic mass is 16.5. The normalized spacial score (nSPS) is 14.4. The molecule has 0 spiro atoms. The molecule has 2 aromatic carbocycles. The van der Waals surface area contributed by atoms with Gasteiger partial charge in [0.25, 0.3) is 5.91 Å². The van der Waals surface area contributed by atoms with Gasteiger partial charge in [-0.15, -0.1) is 0 Å². The molecule has 1 aromatic heterocycles. The molecule has 1 unspecified atom stereocenters. The summed E-state index contributed by atoms with van der Waals surface area (Å²) in [6.45, 7) is 6.91. The van der Waals surface area contributed by atoms with Gasteiger partial charge in [0.1, 0.15) is 5.75 Å². The maximum absolute atomic E-state index is 13.5. The first-order valence-electron chi connectivity index (χ1n) is 10.5. The van der Waals surface area contributed by atoms with Gasteiger partial charge in [-0.2, -0.15) is 5.10 Å². The maximum atomic E-state index is 13.5. The average Bonchev–Trinajstić information content (AvgIpc) is 3.55. The van der Waals surface area contributed by atoms with Gasteiger partial charge in [0.15, 0.2) is 0 Å². The van der Waals surface area contributed by atoms with Crippen molar-refractivity contribution in [3.8, 4) is 5.75 Å². The van der Waals surface area contributed by atoms with Crippen LogP contribution >= 0.6 is 0 Å². The molecule has 5 heteroatoms. The number of ether oxygens (including phenoxy) is 1. The Bertz CT molecular complexity index is 1020. The van der Waals surface area contributed by atoms with Gasteiger partial charge in [0, 0.05) is 23.0 Å². The Morgan fingerprint density at radius 2 is 1.80 bits per heavy atom. The van der Waals surface area contributed by atoms with E-state index in [1.54, 1.807) is 7.11 Å². The van der Waals surface area contributed by atoms with Gasteiger partial charge < -0.3 is 9.64 Å². The molecular weight excluding hydrogens is 374 g/mol. The number of hydrogen-bond donors (Lipinski definition) is 0. The van der Waals surface area contributed by atoms with Crippen LogP contribution in [0.5, 0.6) is 5.75 Å². The molecule has 1 aliphatic rings. The zero-order valence-corrected chi connectivity index (χ0v) is 18.1. The van der Waals surface area contributed by atoms with Crippen LogP contribution in [0.3, 0.4) is 0 Å². The van der Waals surface area contributed by atoms with Crippen molar-refractivity contribution in [2.75, 3.05) is 12.0 Å². The van der Waals surface area contributed by atoms with Crippen LogP contribution in [0.1, 0.15) is 47.1 Å². The number of aryl methyl sites for hydroxylation is 2. The number of carbonyl (C=O) groups is 1. The van der Waals surface area contributed by atoms with Crippen LogP contribution in [0, 0.1) is 19.8 Å². The van der Waals surface area contributed by atoms with E-state index in [2.05, 4.69) is 25.0 Å². The summed E-state index contributed by atoms with van der Waals surface area (Å²) in [6.07, 6.45) is 2.37. The number of amides is 1. The minimum absolute atomic E-state index is 0.0391. The van der Waals surface area contributed by atoms with Crippen molar-refractivity contribution in [3.63, 3.8) is 0 Å². The summed E-state index contributed by atoms with van der Waals surface area (Å²) in [6, 6.07) is 17.9. The van der Waals surface area contributed by atoms with Gasteiger partial charge in [-0.05, 0) is 87.6 Å². The van der Waals surface area contributed by atoms with Crippen molar-refractivity contribution in [1.29, 1.82) is 0 Å². The van der Waals surface area contributed by atoms with Gasteiger partial charge in [-0.1, -0.05) is 12.1 Å². The van der Waals surface area contributed by atoms with Crippen LogP contribution in [-0.4, -0.2) is 28.8 Å². The van der Waals surface area contributed by atoms with E-state index >= 15 is 0 Å². The highest BCUT2D eigenvalue weighted by Crippen LogP contribution is 2.38. The van der Waals surface area contributed by atoms with E-state index in [4.69, 9.17) is 4.74 Å². The molecule has 0 saturated heterocycles. The Hall–Kier alpha value is -3.08. The van der Waals surface area contributed by atoms with Crippen molar-refractivity contribution in [3.05, 3.63) is 77.1 Å². The van der Waals surface area contributed by atoms with Crippen molar-refractivity contribution in [2.45, 2.75) is 46.2 Å². The number of rotatable bonds is 7. The second-order valence-corrected chi connectivity index (χ2v) is 8.23. The van der Waals surface area contributed by atoms with E-state index in [0.717, 1.165) is 28.4 Å². The average molecular weight is 404 g/mol. The summed E-state index contributed by atoms with van der Waals surface area (Å²) in [4.78, 5) is 15.4. The first-order chi connectivity index (χ1) is 14.5. The van der Waals surface area contributed by atoms with E-state index < -0.39 is 0 Å². The SMILES string of the molecule is COc1ccc(N(C(=O)c2ccc(Cn3nc(C)cc3C)cc2)C(C)C2CC2)cc1. The molecule has 0 bridgehead atoms. The molecule has 5 nitrogen and oxygen atoms in total. The van der Waals surface area contributed by atoms with Crippen LogP contribution in [0.4, 0.5) is 5.69 Å². The molecule has 0 N–H and O–H groups in total. The summed E-state index contributed by atoms with van der Waals surface area (Å²) in [5, 5.41) is 4.53. The van der Waals surface area contributed by atoms with Gasteiger partial charge in [0.2, 0.25) is 0 Å². The summed E-state index contributed by atoms with van der Waals surface area (Å²) in [5.41, 5.74) is 4.89. The fourth-order valence-electron chi connectivity index (χ4n) is 3.97. The molecule has 1 saturated carbocycles. The zero-order chi connectivity index (χ0) is 21.3. The third-order valence-corrected chi connectivity index (χ3v) is 5.92. The summed E-state index contributed by atoms with van der Waals surface area (Å²) in [5.74, 6) is 1.40. The lowest BCUT2D eigenvalue weighted by Crippen LogP contribution is -2.40. The second-order valence-electron chi connectivity index (χ2n) is 8.23. The van der Waals surface area contributed by atoms with E-state index in [1.165, 1.54) is 12.8 Å². The molecule has 0 aliphatic heterocycles. The van der Waals surface area contributed by atoms with Crippen LogP contribution in [-0.2, 0) is 6.54 Å². The van der Waals surface area contributed by atoms with Gasteiger partial charge in [0.05, 0.1) is 19.3 Å². The van der Waals surface area contributed by atoms with Crippen LogP contribution < -0.4 is 9.64 Å². The highest BCUT2D eigenvalue weighted by Gasteiger charge is 2.35. The van der Waals surface area contributed by atoms with E-state index in [-0.39, 0.29) is 11.9 Å². The molecule has 156 valence electrons. The van der Waals surface area contributed by atoms with Crippen molar-refractivity contribution < 1.29 is 9.53 Å². The lowest BCUT2D eigenvalue weighted by Gasteiger charge is -2.30. The van der Waals surface area contributed by atoms with Crippen molar-refractivity contribution in [2.24, 2.45) is 5.92 Å². The number of anilines is 1. The number of benzene rings is 2. The number of aromatic nitrogens is 2. The van der Waals surface area contributed by atoms with Crippen molar-refractivity contribution >= 4 is 11.6 Å². The van der Waals surface area contributed by atoms with Gasteiger partial charge >= 0.3 is 0 Å². The monoisotopic (exact) mass is 403 g/mol. The Kier molecular flexibility index (Phi) is 5.62. The molecule has 1 amide bonds. The lowest BCUT2D eigenvalue weighted by molar-refractivity contribution is 0.0975. The Morgan fingerprint density at radius 1 is 1.13 bits per heavy atom. The minimum atomic E-state index is 0.0391. The third kappa shape index (κ3) is 4.25. The van der Waals surface area contributed by atoms with Crippen LogP contribution in [0.2, 0.25) is 0 Å². The Balaban J connectivity index is 1.56. The third-order valence-electron chi connectivity index (χ3n) is 5.92. The summed E-state index contributed by atoms with van der Waals surface area (Å²) in [7, 11) is 1.65. The molecule has 1 heterocycles. The van der Waals surface area contributed by atoms with E-state index in [1.807, 2.05) is 65.0 Å². The number of methoxy groups -OCH3 is 1. The molecule has 1 aliphatic carbocycles. The minimum Gasteiger partial charge on any atom is -0.497 e. The smallest absolute Gasteiger partial charge is 0.258 e. The highest BCUT2D eigenvalue weighted by molar-refractivity contribution is 6.06. The summed E-state index contributed by atoms with van der Waals surface area (Å²) >= 11 is 0. The first-order valence-corrected chi connectivity index (χ1v) is 10.5. The predicted octanol–water partition coefficient (Wildman–Crippen LogP) is 5.00. The largest absolute Gasteiger partial charge is 0.497 e. The topological polar surface area (TPSA) is 47.4 Å². The van der Waals surface area contributed by atoms with Crippen molar-refractivity contribution in [1.82, 2.24) is 9.78 Å². The number of hydrogen-bond acceptors (Lipinski definition) is 3. The Labute approximate surface area is 178 Å². The molecule has 0 radical (unpaired) electrons. The zero-order valence-electron chi connectivity index (χ0n) is 18.1. The Morgan fingerprint density at radius 3 is 2.33 bits per heavy atom. The van der Waals surface area contributed by atoms with E-state index in [0.29, 0.717) is 18.0 Å². The van der Waals surface area contributed by atoms with E-state index in [9.17, 15) is 4.79 Å². The maximum Gasteiger partial charge on any atom is 0.258 e. The number of nitrogens with zero attached hydrogens (tertiary/aromatic N) is 3. The fourth-order valence-corrected chi connectivity index (χ4v) is 3.97. The number of carbonyl (C=O) groups excluding carboxylic acids is 1. The van der Waals surface area contributed by atoms with Crippen LogP contribution in [0.25, 0.3) is 0 Å². The van der Waals surface area contributed by atoms with Crippen LogP contribution in [0.15, 0.2) is 54.6 Å². The summed E-state index contributed by atoms with van der Waals surface area (Å²) < 4.78 is 7.27. The molecular formula is C25H29N3O2. The lowest BCUT2D eigenvalue weighted by atomic mass is 10.1. The standard InChI is InChI=1S/C25H29N3O2/c1-17-15-18(2)27(26-17)16-20-5-7-22(8-6-20)25(29)28(19(3)21-9-10-21)23-11-13-24(30-4)14-12-23/h5-8,11-15,19,21H,9-10,16H2,1-4H3. The second kappa shape index (κ2) is 8.34. The van der Waals surface area contributed by atoms with Gasteiger partial charge in [-0.25, -0.2) is 0 Å². The molecule has 3 aromatic rings. The molecule has 30 heavy (non-hydrogen) atoms.